The van der Waals surface area contributed by atoms with Gasteiger partial charge in [0, 0.05) is 49.4 Å². The largest absolute Gasteiger partial charge is 0.459 e. The molecule has 16 atom stereocenters. The van der Waals surface area contributed by atoms with Crippen LogP contribution in [-0.4, -0.2) is 117 Å². The maximum atomic E-state index is 13.5. The predicted molar refractivity (Wildman–Crippen MR) is 258 cm³/mol. The van der Waals surface area contributed by atoms with E-state index in [1.54, 1.807) is 42.5 Å². The number of carbonyl (C=O) groups is 8. The number of rotatable bonds is 10. The number of hydrogen-bond acceptors (Lipinski definition) is 17. The lowest BCUT2D eigenvalue weighted by molar-refractivity contribution is -0.187. The van der Waals surface area contributed by atoms with Crippen molar-refractivity contribution < 1.29 is 81.7 Å². The van der Waals surface area contributed by atoms with E-state index in [0.717, 1.165) is 24.0 Å². The lowest BCUT2D eigenvalue weighted by Crippen LogP contribution is -2.63. The summed E-state index contributed by atoms with van der Waals surface area (Å²) >= 11 is 0. The van der Waals surface area contributed by atoms with Crippen LogP contribution in [0.5, 0.6) is 0 Å². The molecule has 17 heteroatoms. The van der Waals surface area contributed by atoms with Crippen molar-refractivity contribution in [2.45, 2.75) is 147 Å². The van der Waals surface area contributed by atoms with Crippen LogP contribution in [0.4, 0.5) is 0 Å². The minimum atomic E-state index is -2.04. The van der Waals surface area contributed by atoms with E-state index in [4.69, 9.17) is 33.2 Å². The lowest BCUT2D eigenvalue weighted by atomic mass is 9.47. The van der Waals surface area contributed by atoms with Crippen LogP contribution in [0.2, 0.25) is 0 Å². The third-order valence-electron chi connectivity index (χ3n) is 19.5. The Bertz CT molecular complexity index is 2820. The molecule has 8 aliphatic carbocycles. The van der Waals surface area contributed by atoms with E-state index in [2.05, 4.69) is 19.9 Å². The highest BCUT2D eigenvalue weighted by atomic mass is 16.6. The van der Waals surface area contributed by atoms with Crippen molar-refractivity contribution in [1.82, 2.24) is 0 Å². The van der Waals surface area contributed by atoms with Crippen molar-refractivity contribution in [1.29, 1.82) is 0 Å². The molecular formula is C57H64O17. The van der Waals surface area contributed by atoms with Gasteiger partial charge in [-0.2, -0.15) is 0 Å². The number of ketones is 3. The Morgan fingerprint density at radius 2 is 1.16 bits per heavy atom. The summed E-state index contributed by atoms with van der Waals surface area (Å²) in [4.78, 5) is 98.2. The van der Waals surface area contributed by atoms with Crippen molar-refractivity contribution in [3.8, 4) is 0 Å². The zero-order valence-electron chi connectivity index (χ0n) is 42.9. The van der Waals surface area contributed by atoms with Gasteiger partial charge in [-0.25, -0.2) is 4.79 Å². The van der Waals surface area contributed by atoms with E-state index in [-0.39, 0.29) is 48.1 Å². The highest BCUT2D eigenvalue weighted by Crippen LogP contribution is 2.77. The fourth-order valence-corrected chi connectivity index (χ4v) is 16.1. The standard InChI is InChI=1S/C32H34O9.C25H30O8/c1-18(33)38-17-25(35)31(37)26(39-19(2)34)15-24-23-11-10-21-14-22(40-28(36)20-8-6-5-7-9-20)12-13-29(21,3)32(23)27(41-32)16-30(24,31)4;1-13(26)31-12-19(29)24(30)20(32-14(2)27)10-18-17-6-5-15-9-16(28)7-8-22(15,3)25(17)21(33-25)11-23(18,24)4/h5-10,12-14,23-24,26-27,37H,11,15-17H2,1-4H3;7-9,17-18,20-21,30H,5-6,10-12H2,1-4H3/t23?,24?,26-,27+,29+,30+,31-,32-;17?,18?,20-,21+,22+,23+,24-,25-/m11/s1. The van der Waals surface area contributed by atoms with Gasteiger partial charge >= 0.3 is 29.8 Å². The van der Waals surface area contributed by atoms with Crippen molar-refractivity contribution >= 4 is 47.2 Å². The first-order valence-corrected chi connectivity index (χ1v) is 25.6. The van der Waals surface area contributed by atoms with Crippen LogP contribution in [0, 0.1) is 45.3 Å². The molecule has 0 radical (unpaired) electrons. The summed E-state index contributed by atoms with van der Waals surface area (Å²) < 4.78 is 39.7. The molecule has 1 aromatic rings. The van der Waals surface area contributed by atoms with Crippen molar-refractivity contribution in [2.75, 3.05) is 13.2 Å². The number of aliphatic hydroxyl groups is 2. The van der Waals surface area contributed by atoms with E-state index >= 15 is 0 Å². The third kappa shape index (κ3) is 7.14. The molecule has 11 rings (SSSR count). The topological polar surface area (TPSA) is 248 Å². The average molecular weight is 1020 g/mol. The van der Waals surface area contributed by atoms with E-state index in [1.807, 2.05) is 38.1 Å². The number of esters is 5. The molecule has 10 aliphatic rings. The van der Waals surface area contributed by atoms with Crippen LogP contribution >= 0.6 is 0 Å². The summed E-state index contributed by atoms with van der Waals surface area (Å²) in [6.45, 7) is 11.6. The summed E-state index contributed by atoms with van der Waals surface area (Å²) in [6.07, 6.45) is 14.0. The normalized spacial score (nSPS) is 42.8. The number of carbonyl (C=O) groups excluding carboxylic acids is 8. The maximum Gasteiger partial charge on any atom is 0.343 e. The molecule has 17 nitrogen and oxygen atoms in total. The first-order valence-electron chi connectivity index (χ1n) is 25.6. The van der Waals surface area contributed by atoms with Gasteiger partial charge in [0.05, 0.1) is 17.8 Å². The molecule has 0 aromatic heterocycles. The fraction of sp³-hybridized carbons (Fsp3) is 0.579. The summed E-state index contributed by atoms with van der Waals surface area (Å²) in [7, 11) is 0. The van der Waals surface area contributed by atoms with Crippen molar-refractivity contribution in [3.63, 3.8) is 0 Å². The smallest absolute Gasteiger partial charge is 0.343 e. The molecular weight excluding hydrogens is 957 g/mol. The predicted octanol–water partition coefficient (Wildman–Crippen LogP) is 5.44. The van der Waals surface area contributed by atoms with Gasteiger partial charge in [-0.1, -0.05) is 55.8 Å². The highest BCUT2D eigenvalue weighted by Gasteiger charge is 2.84. The van der Waals surface area contributed by atoms with Crippen molar-refractivity contribution in [3.05, 3.63) is 95.3 Å². The van der Waals surface area contributed by atoms with Crippen LogP contribution < -0.4 is 0 Å². The molecule has 2 saturated heterocycles. The first-order chi connectivity index (χ1) is 34.8. The van der Waals surface area contributed by atoms with E-state index in [9.17, 15) is 48.6 Å². The summed E-state index contributed by atoms with van der Waals surface area (Å²) in [5, 5.41) is 24.1. The molecule has 2 heterocycles. The molecule has 5 saturated carbocycles. The summed E-state index contributed by atoms with van der Waals surface area (Å²) in [5.74, 6) is -4.24. The minimum absolute atomic E-state index is 0.00913. The van der Waals surface area contributed by atoms with Crippen LogP contribution in [0.1, 0.15) is 111 Å². The number of ether oxygens (including phenoxy) is 7. The zero-order chi connectivity index (χ0) is 53.3. The van der Waals surface area contributed by atoms with Crippen molar-refractivity contribution in [2.24, 2.45) is 45.3 Å². The first kappa shape index (κ1) is 51.6. The molecule has 1 aromatic carbocycles. The Balaban J connectivity index is 0.000000173. The van der Waals surface area contributed by atoms with Crippen LogP contribution in [-0.2, 0) is 66.7 Å². The molecule has 394 valence electrons. The number of hydrogen-bond donors (Lipinski definition) is 2. The summed E-state index contributed by atoms with van der Waals surface area (Å²) in [6, 6.07) is 8.80. The third-order valence-corrected chi connectivity index (χ3v) is 19.5. The van der Waals surface area contributed by atoms with Crippen LogP contribution in [0.25, 0.3) is 0 Å². The van der Waals surface area contributed by atoms with Crippen LogP contribution in [0.3, 0.4) is 0 Å². The van der Waals surface area contributed by atoms with E-state index in [0.29, 0.717) is 37.0 Å². The highest BCUT2D eigenvalue weighted by molar-refractivity contribution is 6.01. The lowest BCUT2D eigenvalue weighted by Gasteiger charge is -2.55. The Morgan fingerprint density at radius 3 is 1.69 bits per heavy atom. The SMILES string of the molecule is CC(=O)OCC(=O)[C@@]1(O)[C@H](OC(C)=O)CC2C3CC=C4C=C(OC(=O)c5ccccc5)C=C[C@]4(C)[C@@]34O[C@H]4C[C@@]21C.CC(=O)OCC(=O)[C@@]1(O)[C@H](OC(C)=O)CC2C3CCC4=CC(=O)C=C[C@]4(C)[C@@]34O[C@H]4C[C@@]21C. The number of epoxide rings is 2. The van der Waals surface area contributed by atoms with Gasteiger partial charge < -0.3 is 43.4 Å². The number of allylic oxidation sites excluding steroid dienone is 5. The quantitative estimate of drug-likeness (QED) is 0.168. The molecule has 4 unspecified atom stereocenters. The van der Waals surface area contributed by atoms with Gasteiger partial charge in [-0.15, -0.1) is 0 Å². The Kier molecular flexibility index (Phi) is 12.1. The molecule has 7 fully saturated rings. The number of Topliss-reactive ketones (excluding diaryl/α,β-unsaturated/α-hetero) is 2. The summed E-state index contributed by atoms with van der Waals surface area (Å²) in [5.41, 5.74) is -5.51. The van der Waals surface area contributed by atoms with Gasteiger partial charge in [-0.05, 0) is 124 Å². The molecule has 74 heavy (non-hydrogen) atoms. The average Bonchev–Trinajstić information content (AvgIpc) is 4.28. The van der Waals surface area contributed by atoms with Gasteiger partial charge in [0.25, 0.3) is 0 Å². The Morgan fingerprint density at radius 1 is 0.649 bits per heavy atom. The zero-order valence-corrected chi connectivity index (χ0v) is 42.9. The second-order valence-corrected chi connectivity index (χ2v) is 23.0. The molecule has 2 spiro atoms. The van der Waals surface area contributed by atoms with Gasteiger partial charge in [0.1, 0.15) is 29.2 Å². The van der Waals surface area contributed by atoms with Crippen LogP contribution in [0.15, 0.2) is 89.8 Å². The van der Waals surface area contributed by atoms with Gasteiger partial charge in [0.2, 0.25) is 11.6 Å². The number of fused-ring (bicyclic) bond motifs is 6. The second kappa shape index (κ2) is 17.3. The van der Waals surface area contributed by atoms with Gasteiger partial charge in [0.15, 0.2) is 30.2 Å². The van der Waals surface area contributed by atoms with Gasteiger partial charge in [-0.3, -0.25) is 33.6 Å². The maximum absolute atomic E-state index is 13.5. The number of benzene rings is 1. The monoisotopic (exact) mass is 1020 g/mol. The van der Waals surface area contributed by atoms with E-state index in [1.165, 1.54) is 27.7 Å². The Labute approximate surface area is 428 Å². The molecule has 2 N–H and O–H groups in total. The molecule has 0 amide bonds. The molecule has 0 bridgehead atoms. The second-order valence-electron chi connectivity index (χ2n) is 23.0. The fourth-order valence-electron chi connectivity index (χ4n) is 16.1. The van der Waals surface area contributed by atoms with E-state index < -0.39 is 111 Å². The Hall–Kier alpha value is -5.88. The molecule has 2 aliphatic heterocycles. The minimum Gasteiger partial charge on any atom is -0.459 e.